The molecule has 1 fully saturated rings. The first-order valence-corrected chi connectivity index (χ1v) is 16.9. The lowest BCUT2D eigenvalue weighted by Gasteiger charge is -2.41. The number of carbonyl (C=O) groups is 2. The zero-order valence-corrected chi connectivity index (χ0v) is 30.0. The van der Waals surface area contributed by atoms with Gasteiger partial charge in [-0.2, -0.15) is 10.5 Å². The number of nitrogens with zero attached hydrogens (tertiary/aromatic N) is 4. The van der Waals surface area contributed by atoms with Gasteiger partial charge in [0.2, 0.25) is 0 Å². The van der Waals surface area contributed by atoms with Crippen LogP contribution < -0.4 is 20.4 Å². The molecule has 1 aliphatic heterocycles. The van der Waals surface area contributed by atoms with Gasteiger partial charge in [-0.25, -0.2) is 14.9 Å². The summed E-state index contributed by atoms with van der Waals surface area (Å²) < 4.78 is 20.6. The number of halogens is 1. The van der Waals surface area contributed by atoms with Crippen LogP contribution in [0.25, 0.3) is 28.3 Å². The Labute approximate surface area is 312 Å². The molecule has 1 aliphatic rings. The number of amides is 1. The Bertz CT molecular complexity index is 2080. The number of phenolic OH excluding ortho intramolecular Hbond substituents is 1. The summed E-state index contributed by atoms with van der Waals surface area (Å²) in [5.74, 6) is -0.884. The van der Waals surface area contributed by atoms with Crippen molar-refractivity contribution in [2.75, 3.05) is 24.6 Å². The summed E-state index contributed by atoms with van der Waals surface area (Å²) in [6, 6.07) is 20.8. The Hall–Kier alpha value is -6.32. The number of aliphatic hydroxyl groups is 1. The van der Waals surface area contributed by atoms with Crippen molar-refractivity contribution in [3.63, 3.8) is 0 Å². The third-order valence-corrected chi connectivity index (χ3v) is 8.80. The average Bonchev–Trinajstić information content (AvgIpc) is 3.15. The Balaban J connectivity index is 0.00000209. The first-order chi connectivity index (χ1) is 25.7. The highest BCUT2D eigenvalue weighted by Crippen LogP contribution is 2.42. The molecule has 1 amide bonds. The number of rotatable bonds is 11. The molecular formula is C40H41FN6O7. The molecule has 0 radical (unpaired) electrons. The number of ether oxygens (including phenoxy) is 1. The van der Waals surface area contributed by atoms with E-state index in [0.717, 1.165) is 24.0 Å². The quantitative estimate of drug-likeness (QED) is 0.0486. The van der Waals surface area contributed by atoms with Crippen LogP contribution in [0.15, 0.2) is 72.9 Å². The van der Waals surface area contributed by atoms with Gasteiger partial charge in [-0.3, -0.25) is 14.8 Å². The lowest BCUT2D eigenvalue weighted by molar-refractivity contribution is -0.124. The fraction of sp³-hybridized carbons (Fsp3) is 0.275. The Morgan fingerprint density at radius 2 is 1.74 bits per heavy atom. The van der Waals surface area contributed by atoms with Gasteiger partial charge >= 0.3 is 0 Å². The van der Waals surface area contributed by atoms with Gasteiger partial charge in [-0.05, 0) is 86.2 Å². The molecule has 1 saturated heterocycles. The highest BCUT2D eigenvalue weighted by atomic mass is 19.1. The van der Waals surface area contributed by atoms with E-state index < -0.39 is 17.3 Å². The maximum absolute atomic E-state index is 15.0. The molecule has 4 aromatic rings. The van der Waals surface area contributed by atoms with Crippen LogP contribution in [-0.4, -0.2) is 68.7 Å². The molecule has 0 unspecified atom stereocenters. The number of pyridine rings is 1. The summed E-state index contributed by atoms with van der Waals surface area (Å²) in [6.45, 7) is 6.84. The molecule has 1 aromatic heterocycles. The lowest BCUT2D eigenvalue weighted by atomic mass is 9.88. The minimum absolute atomic E-state index is 0.0468. The van der Waals surface area contributed by atoms with E-state index >= 15 is 0 Å². The van der Waals surface area contributed by atoms with E-state index in [9.17, 15) is 29.9 Å². The summed E-state index contributed by atoms with van der Waals surface area (Å²) in [4.78, 5) is 26.4. The van der Waals surface area contributed by atoms with Crippen LogP contribution in [-0.2, 0) is 16.1 Å². The largest absolute Gasteiger partial charge is 0.504 e. The molecular weight excluding hydrogens is 695 g/mol. The fourth-order valence-corrected chi connectivity index (χ4v) is 5.85. The van der Waals surface area contributed by atoms with E-state index in [1.807, 2.05) is 35.2 Å². The normalized spacial score (nSPS) is 13.6. The molecule has 3 aromatic carbocycles. The molecule has 14 heteroatoms. The van der Waals surface area contributed by atoms with Gasteiger partial charge in [0.1, 0.15) is 35.9 Å². The minimum Gasteiger partial charge on any atom is -0.504 e. The van der Waals surface area contributed by atoms with E-state index in [2.05, 4.69) is 18.3 Å². The topological polar surface area (TPSA) is 212 Å². The smallest absolute Gasteiger partial charge is 0.290 e. The SMILES string of the molecule is CC(C)(O)COc1ccc(-c2cnc(N3CCC(C)(NCc4ccc(/C=C/C(=O)NO)cc4)CC3)c(C#N)c2-c2ccc(C#N)c(F)c2)cc1O.O=CO. The van der Waals surface area contributed by atoms with Gasteiger partial charge in [0.25, 0.3) is 12.4 Å². The summed E-state index contributed by atoms with van der Waals surface area (Å²) in [5.41, 5.74) is 4.02. The zero-order valence-electron chi connectivity index (χ0n) is 30.0. The van der Waals surface area contributed by atoms with Crippen LogP contribution in [0, 0.1) is 28.5 Å². The van der Waals surface area contributed by atoms with Crippen LogP contribution in [0.4, 0.5) is 10.2 Å². The van der Waals surface area contributed by atoms with Gasteiger partial charge in [0.15, 0.2) is 11.5 Å². The van der Waals surface area contributed by atoms with Crippen LogP contribution in [0.1, 0.15) is 55.9 Å². The standard InChI is InChI=1S/C39H39FN6O5.CH2O2/c1-38(2,49)24-51-34-12-11-27(19-33(34)47)31-23-43-37(30(21-42)36(31)28-9-10-29(20-41)32(40)18-28)46-16-14-39(3,15-17-46)44-22-26-6-4-25(5-7-26)8-13-35(48)45-50;2-1-3/h4-13,18-19,23,44,47,49-50H,14-17,22,24H2,1-3H3,(H,45,48);1H,(H,2,3)/b13-8+;. The van der Waals surface area contributed by atoms with E-state index in [1.54, 1.807) is 49.8 Å². The predicted octanol–water partition coefficient (Wildman–Crippen LogP) is 5.52. The predicted molar refractivity (Wildman–Crippen MR) is 199 cm³/mol. The Kier molecular flexibility index (Phi) is 13.4. The first-order valence-electron chi connectivity index (χ1n) is 16.9. The number of hydrogen-bond donors (Lipinski definition) is 6. The average molecular weight is 737 g/mol. The van der Waals surface area contributed by atoms with Crippen LogP contribution in [0.5, 0.6) is 11.5 Å². The maximum atomic E-state index is 15.0. The van der Waals surface area contributed by atoms with Gasteiger partial charge in [0.05, 0.1) is 11.2 Å². The van der Waals surface area contributed by atoms with Crippen molar-refractivity contribution >= 4 is 24.3 Å². The number of carboxylic acid groups (broad SMARTS) is 1. The van der Waals surface area contributed by atoms with Gasteiger partial charge in [-0.15, -0.1) is 0 Å². The number of aromatic nitrogens is 1. The van der Waals surface area contributed by atoms with Crippen molar-refractivity contribution in [2.24, 2.45) is 0 Å². The van der Waals surface area contributed by atoms with Crippen LogP contribution in [0.3, 0.4) is 0 Å². The molecule has 280 valence electrons. The molecule has 6 N–H and O–H groups in total. The zero-order chi connectivity index (χ0) is 39.5. The molecule has 0 bridgehead atoms. The summed E-state index contributed by atoms with van der Waals surface area (Å²) in [7, 11) is 0. The van der Waals surface area contributed by atoms with Crippen LogP contribution in [0.2, 0.25) is 0 Å². The van der Waals surface area contributed by atoms with Crippen molar-refractivity contribution in [3.05, 3.63) is 101 Å². The molecule has 2 heterocycles. The third kappa shape index (κ3) is 10.4. The second kappa shape index (κ2) is 17.9. The number of nitrogens with one attached hydrogen (secondary N) is 2. The van der Waals surface area contributed by atoms with Gasteiger partial charge in [0, 0.05) is 48.6 Å². The molecule has 0 spiro atoms. The van der Waals surface area contributed by atoms with E-state index in [0.29, 0.717) is 47.7 Å². The number of nitriles is 2. The Morgan fingerprint density at radius 3 is 2.31 bits per heavy atom. The van der Waals surface area contributed by atoms with Crippen LogP contribution >= 0.6 is 0 Å². The summed E-state index contributed by atoms with van der Waals surface area (Å²) in [5, 5.41) is 60.0. The number of phenols is 1. The molecule has 5 rings (SSSR count). The highest BCUT2D eigenvalue weighted by Gasteiger charge is 2.32. The monoisotopic (exact) mass is 736 g/mol. The number of piperidine rings is 1. The third-order valence-electron chi connectivity index (χ3n) is 8.80. The van der Waals surface area contributed by atoms with E-state index in [1.165, 1.54) is 24.3 Å². The molecule has 54 heavy (non-hydrogen) atoms. The summed E-state index contributed by atoms with van der Waals surface area (Å²) in [6.07, 6.45) is 5.95. The minimum atomic E-state index is -1.12. The van der Waals surface area contributed by atoms with Crippen molar-refractivity contribution in [1.29, 1.82) is 10.5 Å². The van der Waals surface area contributed by atoms with Crippen molar-refractivity contribution < 1.29 is 39.2 Å². The second-order valence-electron chi connectivity index (χ2n) is 13.5. The van der Waals surface area contributed by atoms with Crippen molar-refractivity contribution in [1.82, 2.24) is 15.8 Å². The van der Waals surface area contributed by atoms with Crippen molar-refractivity contribution in [2.45, 2.75) is 51.3 Å². The molecule has 13 nitrogen and oxygen atoms in total. The molecule has 0 atom stereocenters. The second-order valence-corrected chi connectivity index (χ2v) is 13.5. The highest BCUT2D eigenvalue weighted by molar-refractivity contribution is 5.91. The van der Waals surface area contributed by atoms with E-state index in [4.69, 9.17) is 24.8 Å². The number of aromatic hydroxyl groups is 1. The Morgan fingerprint density at radius 1 is 1.07 bits per heavy atom. The number of hydroxylamine groups is 1. The van der Waals surface area contributed by atoms with Crippen molar-refractivity contribution in [3.8, 4) is 45.9 Å². The maximum Gasteiger partial charge on any atom is 0.290 e. The number of benzene rings is 3. The number of anilines is 1. The lowest BCUT2D eigenvalue weighted by Crippen LogP contribution is -2.51. The number of hydrogen-bond acceptors (Lipinski definition) is 11. The first kappa shape index (κ1) is 40.5. The number of carbonyl (C=O) groups excluding carboxylic acids is 1. The van der Waals surface area contributed by atoms with Gasteiger partial charge < -0.3 is 30.3 Å². The fourth-order valence-electron chi connectivity index (χ4n) is 5.85. The van der Waals surface area contributed by atoms with E-state index in [-0.39, 0.29) is 41.2 Å². The summed E-state index contributed by atoms with van der Waals surface area (Å²) >= 11 is 0. The van der Waals surface area contributed by atoms with Gasteiger partial charge in [-0.1, -0.05) is 36.4 Å². The molecule has 0 aliphatic carbocycles. The molecule has 0 saturated carbocycles.